The van der Waals surface area contributed by atoms with Crippen LogP contribution in [0, 0.1) is 6.92 Å². The van der Waals surface area contributed by atoms with Gasteiger partial charge in [-0.05, 0) is 31.0 Å². The van der Waals surface area contributed by atoms with E-state index in [2.05, 4.69) is 27.3 Å². The molecule has 0 bridgehead atoms. The van der Waals surface area contributed by atoms with Crippen molar-refractivity contribution in [2.45, 2.75) is 39.0 Å². The van der Waals surface area contributed by atoms with Gasteiger partial charge >= 0.3 is 0 Å². The third-order valence-electron chi connectivity index (χ3n) is 5.63. The molecule has 1 aliphatic heterocycles. The highest BCUT2D eigenvalue weighted by Crippen LogP contribution is 2.16. The van der Waals surface area contributed by atoms with E-state index in [0.717, 1.165) is 24.3 Å². The Balaban J connectivity index is 0.00000256. The second-order valence-corrected chi connectivity index (χ2v) is 7.75. The third-order valence-corrected chi connectivity index (χ3v) is 5.63. The summed E-state index contributed by atoms with van der Waals surface area (Å²) in [7, 11) is 0. The maximum Gasteiger partial charge on any atom is 0.237 e. The zero-order chi connectivity index (χ0) is 21.7. The molecule has 0 spiro atoms. The first-order chi connectivity index (χ1) is 14.3. The van der Waals surface area contributed by atoms with Gasteiger partial charge < -0.3 is 16.8 Å². The van der Waals surface area contributed by atoms with E-state index in [1.165, 1.54) is 5.56 Å². The van der Waals surface area contributed by atoms with E-state index in [0.29, 0.717) is 25.5 Å². The minimum absolute atomic E-state index is 0. The molecule has 1 saturated heterocycles. The fraction of sp³-hybridized carbons (Fsp3) is 0.409. The average Bonchev–Trinajstić information content (AvgIpc) is 2.73. The monoisotopic (exact) mass is 482 g/mol. The van der Waals surface area contributed by atoms with E-state index in [1.807, 2.05) is 43.0 Å². The van der Waals surface area contributed by atoms with Gasteiger partial charge in [0.05, 0.1) is 6.04 Å². The third kappa shape index (κ3) is 7.06. The summed E-state index contributed by atoms with van der Waals surface area (Å²) in [6, 6.07) is 12.7. The summed E-state index contributed by atoms with van der Waals surface area (Å²) in [6.07, 6.45) is 0. The smallest absolute Gasteiger partial charge is 0.237 e. The number of hydrogen-bond donors (Lipinski definition) is 3. The Labute approximate surface area is 201 Å². The molecule has 2 aromatic rings. The minimum Gasteiger partial charge on any atom is -0.384 e. The van der Waals surface area contributed by atoms with Gasteiger partial charge in [0.2, 0.25) is 11.8 Å². The Morgan fingerprint density at radius 3 is 2.47 bits per heavy atom. The second-order valence-electron chi connectivity index (χ2n) is 7.75. The number of anilines is 1. The maximum absolute atomic E-state index is 12.8. The Kier molecular flexibility index (Phi) is 10.9. The number of benzene rings is 1. The van der Waals surface area contributed by atoms with E-state index in [1.54, 1.807) is 6.07 Å². The number of primary amides is 1. The van der Waals surface area contributed by atoms with E-state index in [9.17, 15) is 9.59 Å². The molecular formula is C22H32Cl2N6O2. The first-order valence-corrected chi connectivity index (χ1v) is 10.2. The molecule has 1 fully saturated rings. The van der Waals surface area contributed by atoms with E-state index in [-0.39, 0.29) is 30.7 Å². The Morgan fingerprint density at radius 1 is 1.16 bits per heavy atom. The summed E-state index contributed by atoms with van der Waals surface area (Å²) in [4.78, 5) is 33.2. The summed E-state index contributed by atoms with van der Waals surface area (Å²) in [5.41, 5.74) is 14.2. The van der Waals surface area contributed by atoms with Crippen LogP contribution in [-0.2, 0) is 22.7 Å². The first-order valence-electron chi connectivity index (χ1n) is 10.2. The summed E-state index contributed by atoms with van der Waals surface area (Å²) in [6.45, 7) is 6.64. The van der Waals surface area contributed by atoms with E-state index < -0.39 is 18.0 Å². The Morgan fingerprint density at radius 2 is 1.84 bits per heavy atom. The number of pyridine rings is 1. The topological polar surface area (TPSA) is 118 Å². The minimum atomic E-state index is -0.511. The summed E-state index contributed by atoms with van der Waals surface area (Å²) in [5, 5.41) is 2.94. The number of carbonyl (C=O) groups excluding carboxylic acids is 2. The number of carbonyl (C=O) groups is 2. The number of hydrogen-bond acceptors (Lipinski definition) is 6. The molecule has 2 atom stereocenters. The predicted molar refractivity (Wildman–Crippen MR) is 131 cm³/mol. The second kappa shape index (κ2) is 12.6. The molecule has 10 heteroatoms. The summed E-state index contributed by atoms with van der Waals surface area (Å²) in [5.74, 6) is -0.103. The molecule has 1 aliphatic rings. The summed E-state index contributed by atoms with van der Waals surface area (Å²) >= 11 is 0. The van der Waals surface area contributed by atoms with Crippen LogP contribution < -0.4 is 16.8 Å². The highest BCUT2D eigenvalue weighted by Gasteiger charge is 2.36. The van der Waals surface area contributed by atoms with Gasteiger partial charge in [0.25, 0.3) is 0 Å². The van der Waals surface area contributed by atoms with Crippen LogP contribution in [0.4, 0.5) is 5.82 Å². The van der Waals surface area contributed by atoms with Crippen LogP contribution in [0.3, 0.4) is 0 Å². The number of nitrogens with zero attached hydrogens (tertiary/aromatic N) is 3. The van der Waals surface area contributed by atoms with Gasteiger partial charge in [0, 0.05) is 38.4 Å². The van der Waals surface area contributed by atoms with Crippen molar-refractivity contribution in [2.24, 2.45) is 5.73 Å². The van der Waals surface area contributed by atoms with E-state index >= 15 is 0 Å². The van der Waals surface area contributed by atoms with Crippen LogP contribution in [0.2, 0.25) is 0 Å². The molecule has 2 amide bonds. The van der Waals surface area contributed by atoms with Crippen molar-refractivity contribution in [1.82, 2.24) is 20.1 Å². The number of nitrogen functional groups attached to an aromatic ring is 1. The fourth-order valence-electron chi connectivity index (χ4n) is 3.83. The fourth-order valence-corrected chi connectivity index (χ4v) is 3.83. The van der Waals surface area contributed by atoms with E-state index in [4.69, 9.17) is 11.5 Å². The normalized spacial score (nSPS) is 17.5. The molecule has 32 heavy (non-hydrogen) atoms. The van der Waals surface area contributed by atoms with Crippen molar-refractivity contribution in [2.75, 3.05) is 25.4 Å². The van der Waals surface area contributed by atoms with Crippen LogP contribution >= 0.6 is 24.8 Å². The Hall–Kier alpha value is -2.39. The van der Waals surface area contributed by atoms with Crippen molar-refractivity contribution in [3.05, 3.63) is 59.3 Å². The predicted octanol–water partition coefficient (Wildman–Crippen LogP) is 1.49. The van der Waals surface area contributed by atoms with Crippen LogP contribution in [0.1, 0.15) is 23.7 Å². The van der Waals surface area contributed by atoms with Crippen molar-refractivity contribution in [3.63, 3.8) is 0 Å². The highest BCUT2D eigenvalue weighted by atomic mass is 35.5. The highest BCUT2D eigenvalue weighted by molar-refractivity contribution is 5.86. The molecule has 1 aromatic heterocycles. The molecule has 0 saturated carbocycles. The van der Waals surface area contributed by atoms with Gasteiger partial charge in [0.1, 0.15) is 11.9 Å². The van der Waals surface area contributed by atoms with Gasteiger partial charge in [0.15, 0.2) is 0 Å². The lowest BCUT2D eigenvalue weighted by atomic mass is 10.1. The molecule has 3 rings (SSSR count). The number of amides is 2. The lowest BCUT2D eigenvalue weighted by Crippen LogP contribution is -2.62. The largest absolute Gasteiger partial charge is 0.384 e. The number of aryl methyl sites for hydroxylation is 1. The zero-order valence-corrected chi connectivity index (χ0v) is 20.0. The number of aromatic nitrogens is 1. The first kappa shape index (κ1) is 27.6. The van der Waals surface area contributed by atoms with Crippen molar-refractivity contribution >= 4 is 42.4 Å². The number of nitrogens with one attached hydrogen (secondary N) is 1. The van der Waals surface area contributed by atoms with Crippen LogP contribution in [0.15, 0.2) is 42.5 Å². The van der Waals surface area contributed by atoms with Crippen LogP contribution in [0.5, 0.6) is 0 Å². The molecule has 1 aromatic carbocycles. The Bertz CT molecular complexity index is 899. The van der Waals surface area contributed by atoms with Gasteiger partial charge in [-0.25, -0.2) is 4.98 Å². The van der Waals surface area contributed by atoms with Crippen LogP contribution in [-0.4, -0.2) is 58.3 Å². The molecule has 5 N–H and O–H groups in total. The molecule has 2 heterocycles. The van der Waals surface area contributed by atoms with Gasteiger partial charge in [-0.15, -0.1) is 24.8 Å². The lowest BCUT2D eigenvalue weighted by molar-refractivity contribution is -0.133. The quantitative estimate of drug-likeness (QED) is 0.550. The van der Waals surface area contributed by atoms with Gasteiger partial charge in [-0.3, -0.25) is 19.4 Å². The maximum atomic E-state index is 12.8. The van der Waals surface area contributed by atoms with Crippen molar-refractivity contribution in [1.29, 1.82) is 0 Å². The molecule has 176 valence electrons. The number of halogens is 2. The SMILES string of the molecule is Cc1nc(N)ccc1CNC(=O)[C@H](C)N1CCN(Cc2ccccc2)CC1C(N)=O.Cl.Cl. The molecule has 1 unspecified atom stereocenters. The van der Waals surface area contributed by atoms with Gasteiger partial charge in [-0.1, -0.05) is 36.4 Å². The van der Waals surface area contributed by atoms with Crippen LogP contribution in [0.25, 0.3) is 0 Å². The van der Waals surface area contributed by atoms with Crippen molar-refractivity contribution in [3.8, 4) is 0 Å². The number of nitrogens with two attached hydrogens (primary N) is 2. The molecular weight excluding hydrogens is 451 g/mol. The summed E-state index contributed by atoms with van der Waals surface area (Å²) < 4.78 is 0. The molecule has 0 radical (unpaired) electrons. The lowest BCUT2D eigenvalue weighted by Gasteiger charge is -2.42. The zero-order valence-electron chi connectivity index (χ0n) is 18.4. The molecule has 8 nitrogen and oxygen atoms in total. The molecule has 0 aliphatic carbocycles. The number of rotatable bonds is 7. The number of piperazine rings is 1. The van der Waals surface area contributed by atoms with Gasteiger partial charge in [-0.2, -0.15) is 0 Å². The standard InChI is InChI=1S/C22H30N6O2.2ClH/c1-15-18(8-9-20(23)26-15)12-25-22(30)16(2)28-11-10-27(14-19(28)21(24)29)13-17-6-4-3-5-7-17;;/h3-9,16,19H,10-14H2,1-2H3,(H2,23,26)(H2,24,29)(H,25,30);2*1H/t16-,19?;;/m0../s1. The van der Waals surface area contributed by atoms with Crippen molar-refractivity contribution < 1.29 is 9.59 Å². The average molecular weight is 483 g/mol.